The predicted molar refractivity (Wildman–Crippen MR) is 93.1 cm³/mol. The Hall–Kier alpha value is -2.48. The minimum absolute atomic E-state index is 0.0208. The van der Waals surface area contributed by atoms with E-state index in [0.717, 1.165) is 0 Å². The summed E-state index contributed by atoms with van der Waals surface area (Å²) in [5, 5.41) is 2.68. The van der Waals surface area contributed by atoms with Crippen LogP contribution in [-0.4, -0.2) is 26.7 Å². The number of benzene rings is 2. The minimum Gasteiger partial charge on any atom is -0.435 e. The van der Waals surface area contributed by atoms with Crippen molar-refractivity contribution < 1.29 is 26.7 Å². The first kappa shape index (κ1) is 19.8. The highest BCUT2D eigenvalue weighted by Crippen LogP contribution is 2.22. The summed E-state index contributed by atoms with van der Waals surface area (Å²) >= 11 is 0. The Kier molecular flexibility index (Phi) is 6.31. The molecule has 8 heteroatoms. The van der Waals surface area contributed by atoms with Crippen LogP contribution in [0.1, 0.15) is 35.8 Å². The van der Waals surface area contributed by atoms with Crippen LogP contribution in [0.4, 0.5) is 8.78 Å². The van der Waals surface area contributed by atoms with Crippen molar-refractivity contribution in [2.75, 3.05) is 5.75 Å². The number of rotatable bonds is 7. The summed E-state index contributed by atoms with van der Waals surface area (Å²) in [7, 11) is -3.56. The smallest absolute Gasteiger partial charge is 0.387 e. The van der Waals surface area contributed by atoms with Gasteiger partial charge in [-0.2, -0.15) is 8.78 Å². The molecule has 5 nitrogen and oxygen atoms in total. The molecule has 0 saturated carbocycles. The van der Waals surface area contributed by atoms with Crippen molar-refractivity contribution in [1.82, 2.24) is 5.32 Å². The van der Waals surface area contributed by atoms with Gasteiger partial charge in [0.2, 0.25) is 0 Å². The van der Waals surface area contributed by atoms with Crippen molar-refractivity contribution in [3.05, 3.63) is 59.7 Å². The lowest BCUT2D eigenvalue weighted by Gasteiger charge is -2.17. The van der Waals surface area contributed by atoms with E-state index in [1.165, 1.54) is 37.3 Å². The molecular weight excluding hydrogens is 364 g/mol. The average molecular weight is 383 g/mol. The molecule has 1 amide bonds. The third kappa shape index (κ3) is 4.78. The van der Waals surface area contributed by atoms with Gasteiger partial charge in [-0.05, 0) is 36.8 Å². The van der Waals surface area contributed by atoms with E-state index in [1.54, 1.807) is 25.1 Å². The Bertz CT molecular complexity index is 884. The number of amides is 1. The Balaban J connectivity index is 2.23. The third-order valence-corrected chi connectivity index (χ3v) is 5.56. The van der Waals surface area contributed by atoms with Gasteiger partial charge in [0.25, 0.3) is 5.91 Å². The molecule has 0 saturated heterocycles. The minimum atomic E-state index is -3.56. The second-order valence-corrected chi connectivity index (χ2v) is 7.79. The van der Waals surface area contributed by atoms with Crippen LogP contribution in [0.2, 0.25) is 0 Å². The number of hydrogen-bond donors (Lipinski definition) is 1. The van der Waals surface area contributed by atoms with Crippen LogP contribution in [0.25, 0.3) is 0 Å². The highest BCUT2D eigenvalue weighted by Gasteiger charge is 2.22. The first-order valence-electron chi connectivity index (χ1n) is 7.92. The lowest BCUT2D eigenvalue weighted by Crippen LogP contribution is -2.28. The molecule has 0 heterocycles. The van der Waals surface area contributed by atoms with E-state index >= 15 is 0 Å². The van der Waals surface area contributed by atoms with Crippen molar-refractivity contribution in [3.63, 3.8) is 0 Å². The van der Waals surface area contributed by atoms with Crippen molar-refractivity contribution in [3.8, 4) is 5.75 Å². The molecule has 0 aliphatic rings. The second kappa shape index (κ2) is 8.27. The number of ether oxygens (including phenoxy) is 1. The Morgan fingerprint density at radius 2 is 1.85 bits per heavy atom. The number of carbonyl (C=O) groups is 1. The van der Waals surface area contributed by atoms with Crippen molar-refractivity contribution >= 4 is 15.7 Å². The van der Waals surface area contributed by atoms with Crippen LogP contribution in [0.5, 0.6) is 5.75 Å². The molecule has 0 spiro atoms. The van der Waals surface area contributed by atoms with Gasteiger partial charge in [-0.3, -0.25) is 4.79 Å². The molecule has 2 aromatic rings. The van der Waals surface area contributed by atoms with E-state index in [4.69, 9.17) is 0 Å². The maximum Gasteiger partial charge on any atom is 0.387 e. The average Bonchev–Trinajstić information content (AvgIpc) is 2.61. The summed E-state index contributed by atoms with van der Waals surface area (Å²) < 4.78 is 53.3. The molecule has 0 radical (unpaired) electrons. The zero-order chi connectivity index (χ0) is 19.3. The van der Waals surface area contributed by atoms with Crippen LogP contribution in [0, 0.1) is 0 Å². The van der Waals surface area contributed by atoms with E-state index in [0.29, 0.717) is 5.56 Å². The highest BCUT2D eigenvalue weighted by molar-refractivity contribution is 7.91. The monoisotopic (exact) mass is 383 g/mol. The maximum absolute atomic E-state index is 12.5. The lowest BCUT2D eigenvalue weighted by molar-refractivity contribution is -0.0499. The summed E-state index contributed by atoms with van der Waals surface area (Å²) in [4.78, 5) is 12.5. The second-order valence-electron chi connectivity index (χ2n) is 5.55. The molecular formula is C18H19F2NO4S. The largest absolute Gasteiger partial charge is 0.435 e. The zero-order valence-corrected chi connectivity index (χ0v) is 15.1. The summed E-state index contributed by atoms with van der Waals surface area (Å²) in [6.45, 7) is 0.221. The number of nitrogens with one attached hydrogen (secondary N) is 1. The molecule has 0 aliphatic heterocycles. The van der Waals surface area contributed by atoms with Crippen molar-refractivity contribution in [2.24, 2.45) is 0 Å². The fraction of sp³-hybridized carbons (Fsp3) is 0.278. The van der Waals surface area contributed by atoms with Gasteiger partial charge in [0, 0.05) is 0 Å². The molecule has 140 valence electrons. The van der Waals surface area contributed by atoms with Gasteiger partial charge in [0.1, 0.15) is 5.75 Å². The molecule has 0 bridgehead atoms. The van der Waals surface area contributed by atoms with Gasteiger partial charge in [-0.15, -0.1) is 0 Å². The van der Waals surface area contributed by atoms with Gasteiger partial charge >= 0.3 is 6.61 Å². The number of hydrogen-bond acceptors (Lipinski definition) is 4. The summed E-state index contributed by atoms with van der Waals surface area (Å²) in [6, 6.07) is 11.4. The van der Waals surface area contributed by atoms with E-state index in [-0.39, 0.29) is 22.0 Å². The summed E-state index contributed by atoms with van der Waals surface area (Å²) in [5.41, 5.74) is 0.591. The highest BCUT2D eigenvalue weighted by atomic mass is 32.2. The zero-order valence-electron chi connectivity index (χ0n) is 14.3. The van der Waals surface area contributed by atoms with E-state index < -0.39 is 28.4 Å². The maximum atomic E-state index is 12.5. The van der Waals surface area contributed by atoms with Gasteiger partial charge in [0.05, 0.1) is 22.3 Å². The van der Waals surface area contributed by atoms with Gasteiger partial charge < -0.3 is 10.1 Å². The quantitative estimate of drug-likeness (QED) is 0.793. The van der Waals surface area contributed by atoms with Crippen LogP contribution < -0.4 is 10.1 Å². The predicted octanol–water partition coefficient (Wildman–Crippen LogP) is 3.57. The molecule has 2 rings (SSSR count). The molecule has 0 aromatic heterocycles. The summed E-state index contributed by atoms with van der Waals surface area (Å²) in [6.07, 6.45) is 0. The van der Waals surface area contributed by atoms with Crippen LogP contribution in [0.3, 0.4) is 0 Å². The molecule has 0 aliphatic carbocycles. The SMILES string of the molecule is CCS(=O)(=O)c1ccccc1C(=O)NC(C)c1cccc(OC(F)F)c1. The molecule has 1 N–H and O–H groups in total. The Labute approximate surface area is 150 Å². The molecule has 1 unspecified atom stereocenters. The standard InChI is InChI=1S/C18H19F2NO4S/c1-3-26(23,24)16-10-5-4-9-15(16)17(22)21-12(2)13-7-6-8-14(11-13)25-18(19)20/h4-12,18H,3H2,1-2H3,(H,21,22). The van der Waals surface area contributed by atoms with Gasteiger partial charge in [0.15, 0.2) is 9.84 Å². The van der Waals surface area contributed by atoms with Crippen LogP contribution in [-0.2, 0) is 9.84 Å². The first-order chi connectivity index (χ1) is 12.2. The van der Waals surface area contributed by atoms with E-state index in [1.807, 2.05) is 0 Å². The third-order valence-electron chi connectivity index (χ3n) is 3.78. The Morgan fingerprint density at radius 1 is 1.15 bits per heavy atom. The molecule has 1 atom stereocenters. The number of sulfone groups is 1. The first-order valence-corrected chi connectivity index (χ1v) is 9.57. The molecule has 0 fully saturated rings. The van der Waals surface area contributed by atoms with Crippen LogP contribution in [0.15, 0.2) is 53.4 Å². The van der Waals surface area contributed by atoms with Gasteiger partial charge in [-0.1, -0.05) is 31.2 Å². The number of halogens is 2. The van der Waals surface area contributed by atoms with Gasteiger partial charge in [-0.25, -0.2) is 8.42 Å². The normalized spacial score (nSPS) is 12.7. The van der Waals surface area contributed by atoms with E-state index in [9.17, 15) is 22.0 Å². The lowest BCUT2D eigenvalue weighted by atomic mass is 10.1. The number of carbonyl (C=O) groups excluding carboxylic acids is 1. The summed E-state index contributed by atoms with van der Waals surface area (Å²) in [5.74, 6) is -0.710. The fourth-order valence-electron chi connectivity index (χ4n) is 2.40. The Morgan fingerprint density at radius 3 is 2.50 bits per heavy atom. The van der Waals surface area contributed by atoms with Crippen LogP contribution >= 0.6 is 0 Å². The molecule has 2 aromatic carbocycles. The van der Waals surface area contributed by atoms with E-state index in [2.05, 4.69) is 10.1 Å². The topological polar surface area (TPSA) is 72.5 Å². The number of alkyl halides is 2. The molecule has 26 heavy (non-hydrogen) atoms. The van der Waals surface area contributed by atoms with Crippen molar-refractivity contribution in [1.29, 1.82) is 0 Å². The van der Waals surface area contributed by atoms with Crippen molar-refractivity contribution in [2.45, 2.75) is 31.4 Å². The fourth-order valence-corrected chi connectivity index (χ4v) is 3.49.